The summed E-state index contributed by atoms with van der Waals surface area (Å²) in [6.07, 6.45) is 9.91. The molecule has 0 radical (unpaired) electrons. The van der Waals surface area contributed by atoms with Crippen LogP contribution in [0.25, 0.3) is 17.1 Å². The lowest BCUT2D eigenvalue weighted by Gasteiger charge is -2.05. The van der Waals surface area contributed by atoms with Gasteiger partial charge in [0.1, 0.15) is 0 Å². The van der Waals surface area contributed by atoms with E-state index in [0.717, 1.165) is 11.3 Å². The monoisotopic (exact) mass is 408 g/mol. The van der Waals surface area contributed by atoms with Gasteiger partial charge in [-0.15, -0.1) is 17.9 Å². The van der Waals surface area contributed by atoms with Crippen molar-refractivity contribution in [1.82, 2.24) is 20.1 Å². The Bertz CT molecular complexity index is 818. The summed E-state index contributed by atoms with van der Waals surface area (Å²) in [7, 11) is 1.59. The number of likely N-dealkylation sites (N-methyl/N-ethyl adjacent to an activating group) is 1. The van der Waals surface area contributed by atoms with Crippen LogP contribution in [0, 0.1) is 12.8 Å². The molecular formula is C23H28N4O3. The fourth-order valence-electron chi connectivity index (χ4n) is 2.05. The minimum Gasteiger partial charge on any atom is -0.480 e. The van der Waals surface area contributed by atoms with Crippen LogP contribution in [0.15, 0.2) is 60.7 Å². The van der Waals surface area contributed by atoms with Gasteiger partial charge in [0.2, 0.25) is 5.82 Å². The molecule has 3 aromatic rings. The Morgan fingerprint density at radius 3 is 1.97 bits per heavy atom. The minimum atomic E-state index is -0.822. The predicted octanol–water partition coefficient (Wildman–Crippen LogP) is 3.70. The van der Waals surface area contributed by atoms with E-state index < -0.39 is 5.97 Å². The molecular weight excluding hydrogens is 380 g/mol. The molecule has 0 aliphatic heterocycles. The highest BCUT2D eigenvalue weighted by atomic mass is 16.4. The normalized spacial score (nSPS) is 8.83. The summed E-state index contributed by atoms with van der Waals surface area (Å²) in [5.41, 5.74) is 1.80. The number of aliphatic carboxylic acids is 1. The van der Waals surface area contributed by atoms with Crippen LogP contribution < -0.4 is 5.32 Å². The van der Waals surface area contributed by atoms with Crippen LogP contribution >= 0.6 is 0 Å². The number of benzene rings is 2. The summed E-state index contributed by atoms with van der Waals surface area (Å²) in [5, 5.41) is 14.5. The number of rotatable bonds is 5. The number of aldehydes is 1. The summed E-state index contributed by atoms with van der Waals surface area (Å²) in [6.45, 7) is 4.29. The van der Waals surface area contributed by atoms with Gasteiger partial charge in [0, 0.05) is 5.56 Å². The van der Waals surface area contributed by atoms with Crippen LogP contribution in [-0.2, 0) is 4.79 Å². The number of hydrogen-bond donors (Lipinski definition) is 2. The van der Waals surface area contributed by atoms with Crippen molar-refractivity contribution >= 4 is 12.3 Å². The number of aromatic nitrogens is 3. The van der Waals surface area contributed by atoms with Crippen molar-refractivity contribution in [3.8, 4) is 29.9 Å². The number of terminal acetylenes is 1. The number of hydrogen-bond acceptors (Lipinski definition) is 5. The zero-order chi connectivity index (χ0) is 22.8. The molecule has 0 aliphatic rings. The molecule has 2 N–H and O–H groups in total. The van der Waals surface area contributed by atoms with Crippen LogP contribution in [0.3, 0.4) is 0 Å². The fraction of sp³-hybridized carbons (Fsp3) is 0.217. The molecule has 30 heavy (non-hydrogen) atoms. The topological polar surface area (TPSA) is 97.1 Å². The second kappa shape index (κ2) is 16.2. The average Bonchev–Trinajstić information content (AvgIpc) is 3.22. The standard InChI is InChI=1S/C15H11N3O.C3H7NO2.C3H8.C2H2/c19-11-14-16-15(12-7-3-1-4-8-12)18(17-14)13-9-5-2-6-10-13;1-4-2-3(5)6;1-3-2;1-2/h1-11H;4H,2H2,1H3,(H,5,6);3H2,1-2H3;1-2H. The van der Waals surface area contributed by atoms with Crippen LogP contribution in [0.1, 0.15) is 30.9 Å². The highest BCUT2D eigenvalue weighted by molar-refractivity contribution is 5.71. The van der Waals surface area contributed by atoms with E-state index in [0.29, 0.717) is 12.1 Å². The van der Waals surface area contributed by atoms with Gasteiger partial charge in [0.15, 0.2) is 12.1 Å². The Balaban J connectivity index is 0.000000646. The molecule has 0 saturated carbocycles. The molecule has 0 unspecified atom stereocenters. The first-order valence-corrected chi connectivity index (χ1v) is 9.30. The van der Waals surface area contributed by atoms with E-state index in [4.69, 9.17) is 5.11 Å². The summed E-state index contributed by atoms with van der Waals surface area (Å²) >= 11 is 0. The molecule has 0 atom stereocenters. The van der Waals surface area contributed by atoms with E-state index >= 15 is 0 Å². The van der Waals surface area contributed by atoms with Crippen molar-refractivity contribution < 1.29 is 14.7 Å². The lowest BCUT2D eigenvalue weighted by molar-refractivity contribution is -0.135. The van der Waals surface area contributed by atoms with Crippen molar-refractivity contribution in [1.29, 1.82) is 0 Å². The lowest BCUT2D eigenvalue weighted by atomic mass is 10.2. The number of carboxylic acid groups (broad SMARTS) is 1. The molecule has 7 nitrogen and oxygen atoms in total. The Morgan fingerprint density at radius 2 is 1.57 bits per heavy atom. The zero-order valence-corrected chi connectivity index (χ0v) is 17.5. The zero-order valence-electron chi connectivity index (χ0n) is 17.5. The molecule has 7 heteroatoms. The van der Waals surface area contributed by atoms with Crippen LogP contribution in [-0.4, -0.2) is 45.7 Å². The van der Waals surface area contributed by atoms with Gasteiger partial charge >= 0.3 is 5.97 Å². The molecule has 1 aromatic heterocycles. The lowest BCUT2D eigenvalue weighted by Crippen LogP contribution is -2.16. The van der Waals surface area contributed by atoms with Crippen molar-refractivity contribution in [2.24, 2.45) is 0 Å². The Morgan fingerprint density at radius 1 is 1.07 bits per heavy atom. The molecule has 0 saturated heterocycles. The molecule has 3 rings (SSSR count). The maximum Gasteiger partial charge on any atom is 0.317 e. The maximum atomic E-state index is 10.9. The van der Waals surface area contributed by atoms with Crippen LogP contribution in [0.4, 0.5) is 0 Å². The van der Waals surface area contributed by atoms with Gasteiger partial charge in [-0.3, -0.25) is 9.59 Å². The SMILES string of the molecule is C#C.CCC.CNCC(=O)O.O=Cc1nc(-c2ccccc2)n(-c2ccccc2)n1. The van der Waals surface area contributed by atoms with E-state index in [2.05, 4.69) is 42.1 Å². The average molecular weight is 409 g/mol. The third kappa shape index (κ3) is 9.44. The van der Waals surface area contributed by atoms with Gasteiger partial charge in [-0.05, 0) is 19.2 Å². The Labute approximate surface area is 177 Å². The van der Waals surface area contributed by atoms with Crippen molar-refractivity contribution in [2.45, 2.75) is 20.3 Å². The van der Waals surface area contributed by atoms with Gasteiger partial charge in [0.05, 0.1) is 12.2 Å². The molecule has 1 heterocycles. The van der Waals surface area contributed by atoms with Crippen molar-refractivity contribution in [3.05, 3.63) is 66.5 Å². The molecule has 0 amide bonds. The fourth-order valence-corrected chi connectivity index (χ4v) is 2.05. The van der Waals surface area contributed by atoms with Crippen LogP contribution in [0.5, 0.6) is 0 Å². The van der Waals surface area contributed by atoms with E-state index in [9.17, 15) is 9.59 Å². The van der Waals surface area contributed by atoms with Crippen molar-refractivity contribution in [2.75, 3.05) is 13.6 Å². The number of carboxylic acids is 1. The first-order chi connectivity index (χ1) is 14.6. The molecule has 0 aliphatic carbocycles. The number of nitrogens with one attached hydrogen (secondary N) is 1. The van der Waals surface area contributed by atoms with Gasteiger partial charge < -0.3 is 10.4 Å². The number of para-hydroxylation sites is 1. The van der Waals surface area contributed by atoms with Crippen molar-refractivity contribution in [3.63, 3.8) is 0 Å². The Hall–Kier alpha value is -3.76. The summed E-state index contributed by atoms with van der Waals surface area (Å²) < 4.78 is 1.68. The van der Waals surface area contributed by atoms with E-state index in [1.54, 1.807) is 11.7 Å². The largest absolute Gasteiger partial charge is 0.480 e. The summed E-state index contributed by atoms with van der Waals surface area (Å²) in [4.78, 5) is 24.7. The number of nitrogens with zero attached hydrogens (tertiary/aromatic N) is 3. The highest BCUT2D eigenvalue weighted by Crippen LogP contribution is 2.20. The predicted molar refractivity (Wildman–Crippen MR) is 120 cm³/mol. The van der Waals surface area contributed by atoms with E-state index in [-0.39, 0.29) is 12.4 Å². The minimum absolute atomic E-state index is 0.0417. The highest BCUT2D eigenvalue weighted by Gasteiger charge is 2.12. The smallest absolute Gasteiger partial charge is 0.317 e. The first-order valence-electron chi connectivity index (χ1n) is 9.30. The molecule has 0 spiro atoms. The van der Waals surface area contributed by atoms with Gasteiger partial charge in [-0.25, -0.2) is 9.67 Å². The molecule has 0 bridgehead atoms. The molecule has 0 fully saturated rings. The third-order valence-electron chi connectivity index (χ3n) is 3.09. The van der Waals surface area contributed by atoms with Gasteiger partial charge in [0.25, 0.3) is 0 Å². The summed E-state index contributed by atoms with van der Waals surface area (Å²) in [6, 6.07) is 19.3. The van der Waals surface area contributed by atoms with E-state index in [1.807, 2.05) is 60.7 Å². The number of carbonyl (C=O) groups is 2. The quantitative estimate of drug-likeness (QED) is 0.493. The summed E-state index contributed by atoms with van der Waals surface area (Å²) in [5.74, 6) is 0.0223. The van der Waals surface area contributed by atoms with E-state index in [1.165, 1.54) is 6.42 Å². The van der Waals surface area contributed by atoms with Crippen LogP contribution in [0.2, 0.25) is 0 Å². The molecule has 158 valence electrons. The van der Waals surface area contributed by atoms with Gasteiger partial charge in [-0.1, -0.05) is 68.8 Å². The maximum absolute atomic E-state index is 10.9. The second-order valence-electron chi connectivity index (χ2n) is 5.66. The third-order valence-corrected chi connectivity index (χ3v) is 3.09. The molecule has 2 aromatic carbocycles. The number of carbonyl (C=O) groups excluding carboxylic acids is 1. The first kappa shape index (κ1) is 26.2. The van der Waals surface area contributed by atoms with Gasteiger partial charge in [-0.2, -0.15) is 0 Å². The second-order valence-corrected chi connectivity index (χ2v) is 5.66. The Kier molecular flexibility index (Phi) is 14.2.